The molecule has 58 valence electrons. The van der Waals surface area contributed by atoms with Crippen molar-refractivity contribution in [3.8, 4) is 0 Å². The molecule has 0 aromatic carbocycles. The predicted molar refractivity (Wildman–Crippen MR) is 51.5 cm³/mol. The molecule has 0 aromatic heterocycles. The van der Waals surface area contributed by atoms with Crippen LogP contribution >= 0.6 is 11.8 Å². The predicted octanol–water partition coefficient (Wildman–Crippen LogP) is 3.26. The van der Waals surface area contributed by atoms with Crippen molar-refractivity contribution in [3.05, 3.63) is 24.8 Å². The fraction of sp³-hybridized carbons (Fsp3) is 0.556. The Morgan fingerprint density at radius 3 is 2.40 bits per heavy atom. The van der Waals surface area contributed by atoms with Crippen LogP contribution in [0.4, 0.5) is 0 Å². The molecule has 0 N–H and O–H groups in total. The van der Waals surface area contributed by atoms with Crippen molar-refractivity contribution in [1.82, 2.24) is 0 Å². The van der Waals surface area contributed by atoms with Gasteiger partial charge in [-0.3, -0.25) is 0 Å². The van der Waals surface area contributed by atoms with Crippen LogP contribution in [0.15, 0.2) is 24.8 Å². The highest BCUT2D eigenvalue weighted by atomic mass is 32.2. The Balaban J connectivity index is 3.37. The van der Waals surface area contributed by atoms with Gasteiger partial charge in [0, 0.05) is 10.5 Å². The van der Waals surface area contributed by atoms with Gasteiger partial charge in [-0.2, -0.15) is 11.8 Å². The zero-order chi connectivity index (χ0) is 8.04. The van der Waals surface area contributed by atoms with Crippen LogP contribution < -0.4 is 0 Å². The first-order valence-electron chi connectivity index (χ1n) is 3.48. The summed E-state index contributed by atoms with van der Waals surface area (Å²) in [7, 11) is 0. The Morgan fingerprint density at radius 2 is 2.00 bits per heavy atom. The van der Waals surface area contributed by atoms with Crippen molar-refractivity contribution in [2.45, 2.75) is 25.5 Å². The second-order valence-corrected chi connectivity index (χ2v) is 4.93. The summed E-state index contributed by atoms with van der Waals surface area (Å²) >= 11 is 1.94. The Bertz CT molecular complexity index is 117. The lowest BCUT2D eigenvalue weighted by Gasteiger charge is -2.15. The van der Waals surface area contributed by atoms with E-state index in [9.17, 15) is 0 Å². The van der Waals surface area contributed by atoms with E-state index in [4.69, 9.17) is 0 Å². The third-order valence-corrected chi connectivity index (χ3v) is 2.11. The Labute approximate surface area is 68.4 Å². The topological polar surface area (TPSA) is 0 Å². The number of hydrogen-bond acceptors (Lipinski definition) is 1. The SMILES string of the molecule is C=C/C=C/CSC(C)(C)C. The van der Waals surface area contributed by atoms with E-state index in [0.29, 0.717) is 4.75 Å². The molecule has 0 radical (unpaired) electrons. The van der Waals surface area contributed by atoms with Gasteiger partial charge in [-0.05, 0) is 0 Å². The zero-order valence-corrected chi connectivity index (χ0v) is 7.87. The monoisotopic (exact) mass is 156 g/mol. The van der Waals surface area contributed by atoms with Gasteiger partial charge in [0.1, 0.15) is 0 Å². The van der Waals surface area contributed by atoms with Crippen LogP contribution in [0.1, 0.15) is 20.8 Å². The minimum Gasteiger partial charge on any atom is -0.152 e. The molecule has 0 heterocycles. The van der Waals surface area contributed by atoms with Crippen LogP contribution in [0.3, 0.4) is 0 Å². The van der Waals surface area contributed by atoms with Crippen molar-refractivity contribution in [2.24, 2.45) is 0 Å². The molecule has 0 amide bonds. The van der Waals surface area contributed by atoms with Gasteiger partial charge < -0.3 is 0 Å². The van der Waals surface area contributed by atoms with E-state index in [0.717, 1.165) is 5.75 Å². The second-order valence-electron chi connectivity index (χ2n) is 3.09. The van der Waals surface area contributed by atoms with Gasteiger partial charge in [-0.1, -0.05) is 45.6 Å². The largest absolute Gasteiger partial charge is 0.152 e. The third-order valence-electron chi connectivity index (χ3n) is 0.885. The molecule has 0 saturated heterocycles. The third kappa shape index (κ3) is 7.83. The highest BCUT2D eigenvalue weighted by molar-refractivity contribution is 8.00. The summed E-state index contributed by atoms with van der Waals surface area (Å²) < 4.78 is 0.380. The molecule has 0 saturated carbocycles. The van der Waals surface area contributed by atoms with E-state index in [2.05, 4.69) is 33.4 Å². The van der Waals surface area contributed by atoms with Gasteiger partial charge in [0.15, 0.2) is 0 Å². The van der Waals surface area contributed by atoms with Gasteiger partial charge in [0.25, 0.3) is 0 Å². The van der Waals surface area contributed by atoms with Gasteiger partial charge in [-0.15, -0.1) is 0 Å². The van der Waals surface area contributed by atoms with Crippen molar-refractivity contribution < 1.29 is 0 Å². The molecule has 10 heavy (non-hydrogen) atoms. The molecule has 0 aromatic rings. The summed E-state index contributed by atoms with van der Waals surface area (Å²) in [5.41, 5.74) is 0. The highest BCUT2D eigenvalue weighted by Gasteiger charge is 2.07. The number of thioether (sulfide) groups is 1. The Morgan fingerprint density at radius 1 is 1.40 bits per heavy atom. The van der Waals surface area contributed by atoms with Gasteiger partial charge in [0.05, 0.1) is 0 Å². The molecular weight excluding hydrogens is 140 g/mol. The van der Waals surface area contributed by atoms with E-state index in [1.54, 1.807) is 0 Å². The maximum atomic E-state index is 3.60. The molecule has 0 aliphatic carbocycles. The van der Waals surface area contributed by atoms with E-state index in [-0.39, 0.29) is 0 Å². The van der Waals surface area contributed by atoms with Crippen molar-refractivity contribution in [3.63, 3.8) is 0 Å². The average Bonchev–Trinajstić information content (AvgIpc) is 1.78. The normalized spacial score (nSPS) is 12.3. The lowest BCUT2D eigenvalue weighted by Crippen LogP contribution is -2.07. The molecular formula is C9H16S. The quantitative estimate of drug-likeness (QED) is 0.565. The van der Waals surface area contributed by atoms with Crippen molar-refractivity contribution in [1.29, 1.82) is 0 Å². The van der Waals surface area contributed by atoms with Crippen molar-refractivity contribution in [2.75, 3.05) is 5.75 Å². The molecule has 0 aliphatic heterocycles. The molecule has 0 atom stereocenters. The van der Waals surface area contributed by atoms with Gasteiger partial charge >= 0.3 is 0 Å². The smallest absolute Gasteiger partial charge is 0.0121 e. The van der Waals surface area contributed by atoms with Crippen LogP contribution in [-0.2, 0) is 0 Å². The Kier molecular flexibility index (Phi) is 4.54. The van der Waals surface area contributed by atoms with Crippen LogP contribution in [0, 0.1) is 0 Å². The first-order valence-corrected chi connectivity index (χ1v) is 4.46. The first kappa shape index (κ1) is 9.83. The molecule has 0 fully saturated rings. The fourth-order valence-corrected chi connectivity index (χ4v) is 1.16. The standard InChI is InChI=1S/C9H16S/c1-5-6-7-8-10-9(2,3)4/h5-7H,1,8H2,2-4H3/b7-6+. The zero-order valence-electron chi connectivity index (χ0n) is 7.05. The van der Waals surface area contributed by atoms with E-state index >= 15 is 0 Å². The molecule has 0 rings (SSSR count). The molecule has 0 spiro atoms. The lowest BCUT2D eigenvalue weighted by molar-refractivity contribution is 0.804. The van der Waals surface area contributed by atoms with Crippen molar-refractivity contribution >= 4 is 11.8 Å². The summed E-state index contributed by atoms with van der Waals surface area (Å²) in [6.07, 6.45) is 5.92. The minimum atomic E-state index is 0.380. The first-order chi connectivity index (χ1) is 4.56. The number of hydrogen-bond donors (Lipinski definition) is 0. The second kappa shape index (κ2) is 4.62. The molecule has 0 unspecified atom stereocenters. The maximum absolute atomic E-state index is 3.60. The average molecular weight is 156 g/mol. The van der Waals surface area contributed by atoms with Gasteiger partial charge in [-0.25, -0.2) is 0 Å². The highest BCUT2D eigenvalue weighted by Crippen LogP contribution is 2.22. The molecule has 0 aliphatic rings. The summed E-state index contributed by atoms with van der Waals surface area (Å²) in [6.45, 7) is 10.3. The summed E-state index contributed by atoms with van der Waals surface area (Å²) in [4.78, 5) is 0. The fourth-order valence-electron chi connectivity index (χ4n) is 0.450. The van der Waals surface area contributed by atoms with E-state index in [1.807, 2.05) is 23.9 Å². The molecule has 1 heteroatoms. The Hall–Kier alpha value is -0.170. The van der Waals surface area contributed by atoms with E-state index < -0.39 is 0 Å². The maximum Gasteiger partial charge on any atom is 0.0121 e. The number of allylic oxidation sites excluding steroid dienone is 2. The summed E-state index contributed by atoms with van der Waals surface area (Å²) in [5.74, 6) is 1.08. The van der Waals surface area contributed by atoms with Crippen LogP contribution in [0.5, 0.6) is 0 Å². The van der Waals surface area contributed by atoms with Gasteiger partial charge in [0.2, 0.25) is 0 Å². The van der Waals surface area contributed by atoms with E-state index in [1.165, 1.54) is 0 Å². The lowest BCUT2D eigenvalue weighted by atomic mass is 10.3. The molecule has 0 bridgehead atoms. The van der Waals surface area contributed by atoms with Crippen LogP contribution in [-0.4, -0.2) is 10.5 Å². The van der Waals surface area contributed by atoms with Crippen LogP contribution in [0.25, 0.3) is 0 Å². The summed E-state index contributed by atoms with van der Waals surface area (Å²) in [5, 5.41) is 0. The summed E-state index contributed by atoms with van der Waals surface area (Å²) in [6, 6.07) is 0. The minimum absolute atomic E-state index is 0.380. The molecule has 0 nitrogen and oxygen atoms in total. The number of rotatable bonds is 3. The van der Waals surface area contributed by atoms with Crippen LogP contribution in [0.2, 0.25) is 0 Å².